The van der Waals surface area contributed by atoms with Crippen LogP contribution in [0.25, 0.3) is 11.0 Å². The Hall–Kier alpha value is -3.26. The number of Topliss-reactive ketones (excluding diaryl/α,β-unsaturated/α-hetero) is 1. The van der Waals surface area contributed by atoms with Gasteiger partial charge in [0.1, 0.15) is 18.8 Å². The zero-order valence-electron chi connectivity index (χ0n) is 18.0. The normalized spacial score (nSPS) is 17.8. The molecule has 0 fully saturated rings. The Morgan fingerprint density at radius 1 is 1.12 bits per heavy atom. The number of carbonyl (C=O) groups is 2. The minimum atomic E-state index is -0.757. The second kappa shape index (κ2) is 8.59. The lowest BCUT2D eigenvalue weighted by atomic mass is 9.94. The molecule has 1 N–H and O–H groups in total. The van der Waals surface area contributed by atoms with E-state index in [0.717, 1.165) is 22.7 Å². The maximum absolute atomic E-state index is 13.6. The molecule has 0 spiro atoms. The quantitative estimate of drug-likeness (QED) is 0.449. The number of benzene rings is 2. The van der Waals surface area contributed by atoms with E-state index in [0.29, 0.717) is 42.4 Å². The molecule has 3 aromatic rings. The molecule has 0 radical (unpaired) electrons. The SMILES string of the molecule is CCCCN1C(=O)C(O)=C(C(=O)c2cc3cc(Br)ccc3o2)C1c1ccc2c(c1)OCCO2. The van der Waals surface area contributed by atoms with Crippen molar-refractivity contribution in [2.24, 2.45) is 0 Å². The van der Waals surface area contributed by atoms with Crippen LogP contribution in [0.4, 0.5) is 0 Å². The van der Waals surface area contributed by atoms with Gasteiger partial charge < -0.3 is 23.9 Å². The van der Waals surface area contributed by atoms with Crippen molar-refractivity contribution in [3.05, 3.63) is 69.6 Å². The Morgan fingerprint density at radius 2 is 1.91 bits per heavy atom. The smallest absolute Gasteiger partial charge is 0.290 e. The lowest BCUT2D eigenvalue weighted by Crippen LogP contribution is -2.32. The Balaban J connectivity index is 1.59. The molecule has 2 aliphatic heterocycles. The average Bonchev–Trinajstić information content (AvgIpc) is 3.35. The highest BCUT2D eigenvalue weighted by Crippen LogP contribution is 2.42. The lowest BCUT2D eigenvalue weighted by Gasteiger charge is -2.28. The van der Waals surface area contributed by atoms with Gasteiger partial charge in [-0.15, -0.1) is 0 Å². The van der Waals surface area contributed by atoms with Crippen LogP contribution in [0.15, 0.2) is 62.7 Å². The summed E-state index contributed by atoms with van der Waals surface area (Å²) in [5.74, 6) is -0.403. The summed E-state index contributed by atoms with van der Waals surface area (Å²) in [5.41, 5.74) is 1.21. The number of aliphatic hydroxyl groups excluding tert-OH is 1. The van der Waals surface area contributed by atoms with Gasteiger partial charge in [0.05, 0.1) is 11.6 Å². The molecule has 2 aromatic carbocycles. The van der Waals surface area contributed by atoms with Crippen LogP contribution >= 0.6 is 15.9 Å². The number of amides is 1. The average molecular weight is 512 g/mol. The fourth-order valence-corrected chi connectivity index (χ4v) is 4.66. The van der Waals surface area contributed by atoms with E-state index in [1.54, 1.807) is 30.3 Å². The molecule has 5 rings (SSSR count). The predicted molar refractivity (Wildman–Crippen MR) is 125 cm³/mol. The van der Waals surface area contributed by atoms with Crippen molar-refractivity contribution >= 4 is 38.6 Å². The van der Waals surface area contributed by atoms with Gasteiger partial charge in [-0.3, -0.25) is 9.59 Å². The highest BCUT2D eigenvalue weighted by atomic mass is 79.9. The number of aliphatic hydroxyl groups is 1. The number of unbranched alkanes of at least 4 members (excludes halogenated alkanes) is 1. The van der Waals surface area contributed by atoms with Crippen LogP contribution < -0.4 is 9.47 Å². The molecule has 2 aliphatic rings. The predicted octanol–water partition coefficient (Wildman–Crippen LogP) is 5.34. The van der Waals surface area contributed by atoms with Crippen LogP contribution in [0.3, 0.4) is 0 Å². The number of ketones is 1. The van der Waals surface area contributed by atoms with Crippen LogP contribution in [0.5, 0.6) is 11.5 Å². The molecule has 1 amide bonds. The molecule has 0 saturated heterocycles. The first-order valence-corrected chi connectivity index (χ1v) is 11.6. The van der Waals surface area contributed by atoms with E-state index in [4.69, 9.17) is 13.9 Å². The van der Waals surface area contributed by atoms with E-state index in [2.05, 4.69) is 15.9 Å². The standard InChI is InChI=1S/C25H22BrNO6/c1-2-3-8-27-22(14-4-6-18-19(12-14)32-10-9-31-18)21(24(29)25(27)30)23(28)20-13-15-11-16(26)5-7-17(15)33-20/h4-7,11-13,22,29H,2-3,8-10H2,1H3. The van der Waals surface area contributed by atoms with E-state index in [1.165, 1.54) is 4.90 Å². The molecular weight excluding hydrogens is 490 g/mol. The number of furan rings is 1. The number of nitrogens with zero attached hydrogens (tertiary/aromatic N) is 1. The molecule has 1 aromatic heterocycles. The van der Waals surface area contributed by atoms with Crippen molar-refractivity contribution in [2.45, 2.75) is 25.8 Å². The number of hydrogen-bond acceptors (Lipinski definition) is 6. The number of rotatable bonds is 6. The Morgan fingerprint density at radius 3 is 2.70 bits per heavy atom. The van der Waals surface area contributed by atoms with Crippen molar-refractivity contribution in [3.8, 4) is 11.5 Å². The zero-order valence-corrected chi connectivity index (χ0v) is 19.6. The van der Waals surface area contributed by atoms with Gasteiger partial charge in [-0.25, -0.2) is 0 Å². The molecule has 33 heavy (non-hydrogen) atoms. The van der Waals surface area contributed by atoms with Gasteiger partial charge in [-0.2, -0.15) is 0 Å². The highest BCUT2D eigenvalue weighted by molar-refractivity contribution is 9.10. The number of hydrogen-bond donors (Lipinski definition) is 1. The molecule has 0 aliphatic carbocycles. The lowest BCUT2D eigenvalue weighted by molar-refractivity contribution is -0.129. The van der Waals surface area contributed by atoms with E-state index >= 15 is 0 Å². The van der Waals surface area contributed by atoms with Crippen molar-refractivity contribution in [3.63, 3.8) is 0 Å². The third-order valence-electron chi connectivity index (χ3n) is 5.88. The number of ether oxygens (including phenoxy) is 2. The first kappa shape index (κ1) is 21.6. The highest BCUT2D eigenvalue weighted by Gasteiger charge is 2.44. The number of carbonyl (C=O) groups excluding carboxylic acids is 2. The second-order valence-corrected chi connectivity index (χ2v) is 8.96. The molecule has 3 heterocycles. The maximum atomic E-state index is 13.6. The van der Waals surface area contributed by atoms with Crippen LogP contribution in [-0.2, 0) is 4.79 Å². The van der Waals surface area contributed by atoms with Crippen molar-refractivity contribution in [1.82, 2.24) is 4.90 Å². The third-order valence-corrected chi connectivity index (χ3v) is 6.38. The largest absolute Gasteiger partial charge is 0.503 e. The maximum Gasteiger partial charge on any atom is 0.290 e. The van der Waals surface area contributed by atoms with Crippen LogP contribution in [-0.4, -0.2) is 41.5 Å². The monoisotopic (exact) mass is 511 g/mol. The van der Waals surface area contributed by atoms with Gasteiger partial charge in [0.15, 0.2) is 23.0 Å². The number of halogens is 1. The van der Waals surface area contributed by atoms with E-state index in [-0.39, 0.29) is 11.3 Å². The Kier molecular flexibility index (Phi) is 5.62. The van der Waals surface area contributed by atoms with Gasteiger partial charge in [-0.1, -0.05) is 35.3 Å². The summed E-state index contributed by atoms with van der Waals surface area (Å²) in [6.07, 6.45) is 1.60. The van der Waals surface area contributed by atoms with E-state index in [1.807, 2.05) is 19.1 Å². The summed E-state index contributed by atoms with van der Waals surface area (Å²) in [7, 11) is 0. The molecular formula is C25H22BrNO6. The minimum Gasteiger partial charge on any atom is -0.503 e. The molecule has 8 heteroatoms. The molecule has 1 atom stereocenters. The Bertz CT molecular complexity index is 1290. The first-order valence-electron chi connectivity index (χ1n) is 10.9. The summed E-state index contributed by atoms with van der Waals surface area (Å²) < 4.78 is 18.0. The van der Waals surface area contributed by atoms with Crippen LogP contribution in [0.2, 0.25) is 0 Å². The van der Waals surface area contributed by atoms with E-state index in [9.17, 15) is 14.7 Å². The number of fused-ring (bicyclic) bond motifs is 2. The first-order chi connectivity index (χ1) is 16.0. The summed E-state index contributed by atoms with van der Waals surface area (Å²) in [4.78, 5) is 28.1. The molecule has 0 saturated carbocycles. The fourth-order valence-electron chi connectivity index (χ4n) is 4.28. The van der Waals surface area contributed by atoms with Crippen molar-refractivity contribution in [1.29, 1.82) is 0 Å². The van der Waals surface area contributed by atoms with Gasteiger partial charge in [0.2, 0.25) is 5.78 Å². The minimum absolute atomic E-state index is 0.00547. The zero-order chi connectivity index (χ0) is 23.1. The van der Waals surface area contributed by atoms with Gasteiger partial charge >= 0.3 is 0 Å². The van der Waals surface area contributed by atoms with Gasteiger partial charge in [0, 0.05) is 16.4 Å². The third kappa shape index (κ3) is 3.78. The van der Waals surface area contributed by atoms with Crippen molar-refractivity contribution in [2.75, 3.05) is 19.8 Å². The van der Waals surface area contributed by atoms with Crippen molar-refractivity contribution < 1.29 is 28.6 Å². The van der Waals surface area contributed by atoms with Crippen LogP contribution in [0.1, 0.15) is 41.9 Å². The summed E-state index contributed by atoms with van der Waals surface area (Å²) in [5, 5.41) is 11.6. The molecule has 1 unspecified atom stereocenters. The van der Waals surface area contributed by atoms with Crippen LogP contribution in [0, 0.1) is 0 Å². The van der Waals surface area contributed by atoms with Gasteiger partial charge in [0.25, 0.3) is 5.91 Å². The summed E-state index contributed by atoms with van der Waals surface area (Å²) in [6, 6.07) is 11.6. The molecule has 7 nitrogen and oxygen atoms in total. The van der Waals surface area contributed by atoms with E-state index < -0.39 is 23.5 Å². The summed E-state index contributed by atoms with van der Waals surface area (Å²) >= 11 is 3.42. The van der Waals surface area contributed by atoms with Gasteiger partial charge in [-0.05, 0) is 48.4 Å². The summed E-state index contributed by atoms with van der Waals surface area (Å²) in [6.45, 7) is 3.30. The fraction of sp³-hybridized carbons (Fsp3) is 0.280. The molecule has 170 valence electrons. The molecule has 0 bridgehead atoms. The topological polar surface area (TPSA) is 89.2 Å². The Labute approximate surface area is 198 Å². The second-order valence-electron chi connectivity index (χ2n) is 8.04.